The summed E-state index contributed by atoms with van der Waals surface area (Å²) in [5.74, 6) is -0.191. The van der Waals surface area contributed by atoms with Crippen molar-refractivity contribution in [3.63, 3.8) is 0 Å². The molecule has 2 aromatic carbocycles. The van der Waals surface area contributed by atoms with Crippen LogP contribution in [0.1, 0.15) is 31.9 Å². The van der Waals surface area contributed by atoms with Gasteiger partial charge in [-0.15, -0.1) is 0 Å². The van der Waals surface area contributed by atoms with E-state index in [9.17, 15) is 8.78 Å². The average Bonchev–Trinajstić information content (AvgIpc) is 2.48. The summed E-state index contributed by atoms with van der Waals surface area (Å²) in [4.78, 5) is 0. The third-order valence-electron chi connectivity index (χ3n) is 3.20. The van der Waals surface area contributed by atoms with Crippen LogP contribution in [-0.2, 0) is 0 Å². The van der Waals surface area contributed by atoms with E-state index in [1.807, 2.05) is 6.92 Å². The van der Waals surface area contributed by atoms with Gasteiger partial charge in [-0.05, 0) is 50.2 Å². The van der Waals surface area contributed by atoms with Gasteiger partial charge in [0.1, 0.15) is 11.6 Å². The summed E-state index contributed by atoms with van der Waals surface area (Å²) < 4.78 is 32.8. The van der Waals surface area contributed by atoms with E-state index in [1.54, 1.807) is 18.2 Å². The quantitative estimate of drug-likeness (QED) is 0.824. The first-order valence-electron chi connectivity index (χ1n) is 7.07. The SMILES string of the molecule is CCCNC(C)c1cc(F)ccc1Oc1ccccc1F. The highest BCUT2D eigenvalue weighted by Crippen LogP contribution is 2.31. The van der Waals surface area contributed by atoms with E-state index in [0.717, 1.165) is 13.0 Å². The minimum atomic E-state index is -0.443. The zero-order valence-corrected chi connectivity index (χ0v) is 12.2. The van der Waals surface area contributed by atoms with Crippen molar-refractivity contribution in [2.24, 2.45) is 0 Å². The first-order chi connectivity index (χ1) is 10.1. The number of halogens is 2. The Morgan fingerprint density at radius 1 is 1.10 bits per heavy atom. The van der Waals surface area contributed by atoms with Crippen molar-refractivity contribution in [1.29, 1.82) is 0 Å². The highest BCUT2D eigenvalue weighted by molar-refractivity contribution is 5.40. The zero-order valence-electron chi connectivity index (χ0n) is 12.2. The van der Waals surface area contributed by atoms with Gasteiger partial charge < -0.3 is 10.1 Å². The van der Waals surface area contributed by atoms with Crippen LogP contribution >= 0.6 is 0 Å². The largest absolute Gasteiger partial charge is 0.454 e. The molecule has 4 heteroatoms. The number of hydrogen-bond acceptors (Lipinski definition) is 2. The Labute approximate surface area is 123 Å². The number of para-hydroxylation sites is 1. The van der Waals surface area contributed by atoms with Crippen LogP contribution in [-0.4, -0.2) is 6.54 Å². The first-order valence-corrected chi connectivity index (χ1v) is 7.07. The lowest BCUT2D eigenvalue weighted by atomic mass is 10.1. The Balaban J connectivity index is 2.28. The molecule has 0 aliphatic heterocycles. The molecule has 0 amide bonds. The van der Waals surface area contributed by atoms with Gasteiger partial charge in [-0.1, -0.05) is 19.1 Å². The molecule has 0 bridgehead atoms. The maximum absolute atomic E-state index is 13.7. The molecule has 112 valence electrons. The van der Waals surface area contributed by atoms with E-state index in [2.05, 4.69) is 12.2 Å². The van der Waals surface area contributed by atoms with Gasteiger partial charge in [-0.2, -0.15) is 0 Å². The van der Waals surface area contributed by atoms with Crippen LogP contribution in [0.15, 0.2) is 42.5 Å². The molecule has 2 nitrogen and oxygen atoms in total. The minimum absolute atomic E-state index is 0.0811. The van der Waals surface area contributed by atoms with Crippen LogP contribution in [0.3, 0.4) is 0 Å². The molecule has 0 aliphatic rings. The highest BCUT2D eigenvalue weighted by atomic mass is 19.1. The summed E-state index contributed by atoms with van der Waals surface area (Å²) in [7, 11) is 0. The molecule has 1 atom stereocenters. The zero-order chi connectivity index (χ0) is 15.2. The molecule has 0 fully saturated rings. The van der Waals surface area contributed by atoms with Crippen LogP contribution in [0.4, 0.5) is 8.78 Å². The van der Waals surface area contributed by atoms with E-state index < -0.39 is 5.82 Å². The van der Waals surface area contributed by atoms with Gasteiger partial charge in [0.25, 0.3) is 0 Å². The fourth-order valence-electron chi connectivity index (χ4n) is 2.07. The van der Waals surface area contributed by atoms with Gasteiger partial charge >= 0.3 is 0 Å². The van der Waals surface area contributed by atoms with Crippen molar-refractivity contribution in [2.45, 2.75) is 26.3 Å². The molecule has 2 aromatic rings. The Kier molecular flexibility index (Phi) is 5.28. The second-order valence-electron chi connectivity index (χ2n) is 4.89. The third kappa shape index (κ3) is 4.02. The van der Waals surface area contributed by atoms with Gasteiger partial charge in [-0.25, -0.2) is 8.78 Å². The van der Waals surface area contributed by atoms with Crippen LogP contribution in [0.2, 0.25) is 0 Å². The van der Waals surface area contributed by atoms with Crippen LogP contribution in [0.25, 0.3) is 0 Å². The standard InChI is InChI=1S/C17H19F2NO/c1-3-10-20-12(2)14-11-13(18)8-9-16(14)21-17-7-5-4-6-15(17)19/h4-9,11-12,20H,3,10H2,1-2H3. The molecule has 0 radical (unpaired) electrons. The fraction of sp³-hybridized carbons (Fsp3) is 0.294. The number of hydrogen-bond donors (Lipinski definition) is 1. The third-order valence-corrected chi connectivity index (χ3v) is 3.20. The van der Waals surface area contributed by atoms with Crippen molar-refractivity contribution in [3.8, 4) is 11.5 Å². The Bertz CT molecular complexity index is 601. The summed E-state index contributed by atoms with van der Waals surface area (Å²) in [5, 5.41) is 3.28. The predicted molar refractivity (Wildman–Crippen MR) is 79.6 cm³/mol. The Morgan fingerprint density at radius 2 is 1.86 bits per heavy atom. The lowest BCUT2D eigenvalue weighted by Crippen LogP contribution is -2.20. The summed E-state index contributed by atoms with van der Waals surface area (Å²) in [6.07, 6.45) is 0.975. The monoisotopic (exact) mass is 291 g/mol. The highest BCUT2D eigenvalue weighted by Gasteiger charge is 2.14. The predicted octanol–water partition coefficient (Wildman–Crippen LogP) is 4.82. The van der Waals surface area contributed by atoms with Crippen LogP contribution in [0.5, 0.6) is 11.5 Å². The van der Waals surface area contributed by atoms with Crippen molar-refractivity contribution >= 4 is 0 Å². The van der Waals surface area contributed by atoms with Gasteiger partial charge in [0, 0.05) is 11.6 Å². The van der Waals surface area contributed by atoms with Crippen molar-refractivity contribution in [1.82, 2.24) is 5.32 Å². The molecule has 0 aliphatic carbocycles. The summed E-state index contributed by atoms with van der Waals surface area (Å²) in [6, 6.07) is 10.3. The number of benzene rings is 2. The molecule has 0 saturated carbocycles. The first kappa shape index (κ1) is 15.4. The molecule has 0 saturated heterocycles. The molecule has 0 heterocycles. The fourth-order valence-corrected chi connectivity index (χ4v) is 2.07. The van der Waals surface area contributed by atoms with Crippen molar-refractivity contribution < 1.29 is 13.5 Å². The second kappa shape index (κ2) is 7.18. The van der Waals surface area contributed by atoms with E-state index >= 15 is 0 Å². The van der Waals surface area contributed by atoms with Crippen LogP contribution in [0, 0.1) is 11.6 Å². The molecule has 1 N–H and O–H groups in total. The van der Waals surface area contributed by atoms with Crippen molar-refractivity contribution in [3.05, 3.63) is 59.7 Å². The lowest BCUT2D eigenvalue weighted by molar-refractivity contribution is 0.427. The maximum Gasteiger partial charge on any atom is 0.165 e. The molecule has 1 unspecified atom stereocenters. The molecular formula is C17H19F2NO. The average molecular weight is 291 g/mol. The van der Waals surface area contributed by atoms with E-state index in [0.29, 0.717) is 11.3 Å². The topological polar surface area (TPSA) is 21.3 Å². The summed E-state index contributed by atoms with van der Waals surface area (Å²) >= 11 is 0. The number of ether oxygens (including phenoxy) is 1. The van der Waals surface area contributed by atoms with Crippen LogP contribution < -0.4 is 10.1 Å². The van der Waals surface area contributed by atoms with Gasteiger partial charge in [-0.3, -0.25) is 0 Å². The molecule has 0 spiro atoms. The van der Waals surface area contributed by atoms with E-state index in [-0.39, 0.29) is 17.6 Å². The number of nitrogens with one attached hydrogen (secondary N) is 1. The summed E-state index contributed by atoms with van der Waals surface area (Å²) in [5.41, 5.74) is 0.673. The molecular weight excluding hydrogens is 272 g/mol. The number of rotatable bonds is 6. The molecule has 21 heavy (non-hydrogen) atoms. The lowest BCUT2D eigenvalue weighted by Gasteiger charge is -2.18. The van der Waals surface area contributed by atoms with Gasteiger partial charge in [0.05, 0.1) is 0 Å². The van der Waals surface area contributed by atoms with Crippen molar-refractivity contribution in [2.75, 3.05) is 6.54 Å². The molecule has 2 rings (SSSR count). The molecule has 0 aromatic heterocycles. The van der Waals surface area contributed by atoms with Gasteiger partial charge in [0.2, 0.25) is 0 Å². The minimum Gasteiger partial charge on any atom is -0.454 e. The normalized spacial score (nSPS) is 12.2. The second-order valence-corrected chi connectivity index (χ2v) is 4.89. The van der Waals surface area contributed by atoms with E-state index in [4.69, 9.17) is 4.74 Å². The smallest absolute Gasteiger partial charge is 0.165 e. The summed E-state index contributed by atoms with van der Waals surface area (Å²) in [6.45, 7) is 4.80. The Hall–Kier alpha value is -1.94. The van der Waals surface area contributed by atoms with E-state index in [1.165, 1.54) is 24.3 Å². The maximum atomic E-state index is 13.7. The van der Waals surface area contributed by atoms with Gasteiger partial charge in [0.15, 0.2) is 11.6 Å². The Morgan fingerprint density at radius 3 is 2.57 bits per heavy atom.